The first kappa shape index (κ1) is 36.6. The van der Waals surface area contributed by atoms with E-state index in [1.807, 2.05) is 13.0 Å². The van der Waals surface area contributed by atoms with Crippen LogP contribution in [-0.4, -0.2) is 110 Å². The maximum absolute atomic E-state index is 12.0. The molecule has 5 fully saturated rings. The van der Waals surface area contributed by atoms with E-state index in [1.54, 1.807) is 0 Å². The molecule has 0 spiro atoms. The first-order valence-corrected chi connectivity index (χ1v) is 17.7. The minimum Gasteiger partial charge on any atom is -0.396 e. The van der Waals surface area contributed by atoms with Gasteiger partial charge in [0.05, 0.1) is 38.6 Å². The summed E-state index contributed by atoms with van der Waals surface area (Å²) in [5.74, 6) is 0.564. The second-order valence-electron chi connectivity index (χ2n) is 16.9. The normalized spacial score (nSPS) is 52.8. The number of ether oxygens (including phenoxy) is 2. The molecule has 1 aliphatic heterocycles. The monoisotopic (exact) mass is 654 g/mol. The minimum atomic E-state index is -1.52. The molecule has 8 N–H and O–H groups in total. The molecule has 1 heterocycles. The zero-order chi connectivity index (χ0) is 33.9. The summed E-state index contributed by atoms with van der Waals surface area (Å²) in [5.41, 5.74) is -0.545. The quantitative estimate of drug-likeness (QED) is 0.136. The Kier molecular flexibility index (Phi) is 10.5. The third-order valence-corrected chi connectivity index (χ3v) is 15.0. The van der Waals surface area contributed by atoms with E-state index in [1.165, 1.54) is 0 Å². The molecule has 0 bridgehead atoms. The molecule has 15 atom stereocenters. The molecular weight excluding hydrogens is 592 g/mol. The highest BCUT2D eigenvalue weighted by molar-refractivity contribution is 5.19. The predicted octanol–water partition coefficient (Wildman–Crippen LogP) is 2.27. The molecule has 5 rings (SSSR count). The van der Waals surface area contributed by atoms with Gasteiger partial charge >= 0.3 is 0 Å². The van der Waals surface area contributed by atoms with Gasteiger partial charge in [-0.2, -0.15) is 0 Å². The fourth-order valence-corrected chi connectivity index (χ4v) is 11.8. The summed E-state index contributed by atoms with van der Waals surface area (Å²) >= 11 is 0. The molecule has 0 aromatic carbocycles. The van der Waals surface area contributed by atoms with Gasteiger partial charge in [0.15, 0.2) is 6.29 Å². The highest BCUT2D eigenvalue weighted by Gasteiger charge is 2.70. The average Bonchev–Trinajstić information content (AvgIpc) is 3.04. The van der Waals surface area contributed by atoms with Crippen molar-refractivity contribution in [3.05, 3.63) is 11.6 Å². The van der Waals surface area contributed by atoms with Crippen LogP contribution >= 0.6 is 0 Å². The van der Waals surface area contributed by atoms with Crippen LogP contribution < -0.4 is 0 Å². The number of allylic oxidation sites excluding steroid dienone is 1. The first-order valence-electron chi connectivity index (χ1n) is 17.7. The van der Waals surface area contributed by atoms with Gasteiger partial charge in [-0.05, 0) is 105 Å². The smallest absolute Gasteiger partial charge is 0.186 e. The molecule has 4 aliphatic carbocycles. The van der Waals surface area contributed by atoms with E-state index in [4.69, 9.17) is 9.47 Å². The largest absolute Gasteiger partial charge is 0.396 e. The first-order chi connectivity index (χ1) is 21.6. The Balaban J connectivity index is 1.37. The summed E-state index contributed by atoms with van der Waals surface area (Å²) in [7, 11) is 0. The Morgan fingerprint density at radius 3 is 2.13 bits per heavy atom. The molecule has 0 unspecified atom stereocenters. The van der Waals surface area contributed by atoms with Crippen molar-refractivity contribution in [3.8, 4) is 0 Å². The molecule has 46 heavy (non-hydrogen) atoms. The lowest BCUT2D eigenvalue weighted by atomic mass is 9.33. The molecule has 0 aromatic heterocycles. The topological polar surface area (TPSA) is 180 Å². The lowest BCUT2D eigenvalue weighted by Gasteiger charge is -2.72. The van der Waals surface area contributed by atoms with Crippen LogP contribution in [0, 0.1) is 44.8 Å². The number of rotatable bonds is 9. The number of aliphatic hydroxyl groups excluding tert-OH is 8. The molecule has 1 saturated heterocycles. The van der Waals surface area contributed by atoms with Crippen LogP contribution in [0.2, 0.25) is 0 Å². The summed E-state index contributed by atoms with van der Waals surface area (Å²) < 4.78 is 12.1. The van der Waals surface area contributed by atoms with Crippen LogP contribution in [0.15, 0.2) is 11.6 Å². The molecule has 5 aliphatic rings. The van der Waals surface area contributed by atoms with Gasteiger partial charge in [-0.1, -0.05) is 39.3 Å². The van der Waals surface area contributed by atoms with Crippen molar-refractivity contribution in [1.82, 2.24) is 0 Å². The Morgan fingerprint density at radius 2 is 1.50 bits per heavy atom. The van der Waals surface area contributed by atoms with Crippen molar-refractivity contribution in [2.45, 2.75) is 142 Å². The fourth-order valence-electron chi connectivity index (χ4n) is 11.8. The van der Waals surface area contributed by atoms with Gasteiger partial charge in [0, 0.05) is 10.8 Å². The molecule has 10 nitrogen and oxygen atoms in total. The Hall–Kier alpha value is -0.660. The molecule has 0 radical (unpaired) electrons. The third kappa shape index (κ3) is 5.46. The van der Waals surface area contributed by atoms with E-state index in [0.717, 1.165) is 56.9 Å². The van der Waals surface area contributed by atoms with Crippen molar-refractivity contribution >= 4 is 0 Å². The molecule has 0 aromatic rings. The minimum absolute atomic E-state index is 0.0187. The molecule has 10 heteroatoms. The van der Waals surface area contributed by atoms with E-state index in [-0.39, 0.29) is 47.9 Å². The van der Waals surface area contributed by atoms with Crippen molar-refractivity contribution in [2.75, 3.05) is 26.4 Å². The number of fused-ring (bicyclic) bond motifs is 5. The second kappa shape index (κ2) is 13.2. The van der Waals surface area contributed by atoms with Crippen LogP contribution in [0.5, 0.6) is 0 Å². The highest BCUT2D eigenvalue weighted by atomic mass is 16.7. The van der Waals surface area contributed by atoms with Gasteiger partial charge in [0.1, 0.15) is 24.4 Å². The van der Waals surface area contributed by atoms with Crippen molar-refractivity contribution in [2.24, 2.45) is 44.8 Å². The van der Waals surface area contributed by atoms with Gasteiger partial charge < -0.3 is 50.3 Å². The van der Waals surface area contributed by atoms with Crippen LogP contribution in [-0.2, 0) is 9.47 Å². The van der Waals surface area contributed by atoms with Gasteiger partial charge in [-0.25, -0.2) is 0 Å². The summed E-state index contributed by atoms with van der Waals surface area (Å²) in [6.07, 6.45) is 2.47. The molecule has 266 valence electrons. The summed E-state index contributed by atoms with van der Waals surface area (Å²) in [4.78, 5) is 0. The van der Waals surface area contributed by atoms with Gasteiger partial charge in [-0.3, -0.25) is 0 Å². The van der Waals surface area contributed by atoms with Gasteiger partial charge in [-0.15, -0.1) is 0 Å². The Morgan fingerprint density at radius 1 is 0.783 bits per heavy atom. The SMILES string of the molecule is C/C(=C/CC[C@@]1(CO)CC[C@]2(C)[C@H](CC[C@@H]3[C@@]4(C)CC[C@H](O[C@@H]5O[C@H](CO)[C@@H](O)[C@H](O)[C@H]5O)[C@@](C)(CO)[C@@H]4CC[C@]32C)[C@H]1O)CO. The zero-order valence-electron chi connectivity index (χ0n) is 28.6. The van der Waals surface area contributed by atoms with Crippen LogP contribution in [0.3, 0.4) is 0 Å². The maximum atomic E-state index is 12.0. The molecule has 0 amide bonds. The Bertz CT molecular complexity index is 1100. The molecule has 4 saturated carbocycles. The number of hydrogen-bond donors (Lipinski definition) is 8. The van der Waals surface area contributed by atoms with Crippen LogP contribution in [0.1, 0.15) is 98.8 Å². The van der Waals surface area contributed by atoms with Crippen molar-refractivity contribution < 1.29 is 50.3 Å². The summed E-state index contributed by atoms with van der Waals surface area (Å²) in [6, 6.07) is 0. The highest BCUT2D eigenvalue weighted by Crippen LogP contribution is 2.75. The van der Waals surface area contributed by atoms with Gasteiger partial charge in [0.25, 0.3) is 0 Å². The van der Waals surface area contributed by atoms with Crippen LogP contribution in [0.4, 0.5) is 0 Å². The van der Waals surface area contributed by atoms with Crippen molar-refractivity contribution in [3.63, 3.8) is 0 Å². The molecular formula is C36H62O10. The second-order valence-corrected chi connectivity index (χ2v) is 16.9. The maximum Gasteiger partial charge on any atom is 0.186 e. The standard InChI is InChI=1S/C36H62O10/c1-21(17-37)7-6-12-36(20-40)16-15-34(4)22(30(36)44)8-9-25-32(2)13-11-26(33(3,19-39)24(32)10-14-35(25,34)5)46-31-29(43)28(42)27(41)23(18-38)45-31/h7,22-31,37-44H,6,8-20H2,1-5H3/b21-7-/t22-,23-,24-,25-,26+,27-,28+,29-,30-,31+,32+,33+,34-,35-,36+/m1/s1. The van der Waals surface area contributed by atoms with E-state index < -0.39 is 60.4 Å². The summed E-state index contributed by atoms with van der Waals surface area (Å²) in [5, 5.41) is 84.2. The van der Waals surface area contributed by atoms with Crippen molar-refractivity contribution in [1.29, 1.82) is 0 Å². The average molecular weight is 655 g/mol. The predicted molar refractivity (Wildman–Crippen MR) is 171 cm³/mol. The lowest BCUT2D eigenvalue weighted by molar-refractivity contribution is -0.335. The number of hydrogen-bond acceptors (Lipinski definition) is 10. The lowest BCUT2D eigenvalue weighted by Crippen LogP contribution is -2.69. The summed E-state index contributed by atoms with van der Waals surface area (Å²) in [6.45, 7) is 10.5. The Labute approximate surface area is 274 Å². The number of aliphatic hydroxyl groups is 8. The van der Waals surface area contributed by atoms with E-state index >= 15 is 0 Å². The fraction of sp³-hybridized carbons (Fsp3) is 0.944. The van der Waals surface area contributed by atoms with E-state index in [9.17, 15) is 40.9 Å². The van der Waals surface area contributed by atoms with Gasteiger partial charge in [0.2, 0.25) is 0 Å². The third-order valence-electron chi connectivity index (χ3n) is 15.0. The van der Waals surface area contributed by atoms with E-state index in [2.05, 4.69) is 27.7 Å². The van der Waals surface area contributed by atoms with E-state index in [0.29, 0.717) is 18.8 Å². The zero-order valence-corrected chi connectivity index (χ0v) is 28.6. The van der Waals surface area contributed by atoms with Crippen LogP contribution in [0.25, 0.3) is 0 Å².